The highest BCUT2D eigenvalue weighted by atomic mass is 16.6. The molecule has 0 spiro atoms. The van der Waals surface area contributed by atoms with Gasteiger partial charge in [0.1, 0.15) is 7.11 Å². The highest BCUT2D eigenvalue weighted by Gasteiger charge is 2.19. The van der Waals surface area contributed by atoms with Crippen LogP contribution in [0.5, 0.6) is 0 Å². The largest absolute Gasteiger partial charge is 0.399 e. The van der Waals surface area contributed by atoms with Crippen LogP contribution in [0.15, 0.2) is 54.2 Å². The highest BCUT2D eigenvalue weighted by Crippen LogP contribution is 2.33. The van der Waals surface area contributed by atoms with Crippen molar-refractivity contribution in [1.29, 1.82) is 0 Å². The Morgan fingerprint density at radius 3 is 2.00 bits per heavy atom. The van der Waals surface area contributed by atoms with E-state index in [1.807, 2.05) is 31.2 Å². The van der Waals surface area contributed by atoms with Crippen molar-refractivity contribution in [3.63, 3.8) is 0 Å². The summed E-state index contributed by atoms with van der Waals surface area (Å²) in [5, 5.41) is 4.12. The van der Waals surface area contributed by atoms with E-state index in [9.17, 15) is 0 Å². The Morgan fingerprint density at radius 1 is 0.957 bits per heavy atom. The van der Waals surface area contributed by atoms with Gasteiger partial charge >= 0.3 is 0 Å². The van der Waals surface area contributed by atoms with Gasteiger partial charge in [-0.25, -0.2) is 0 Å². The number of oxime groups is 1. The number of nitrogens with one attached hydrogen (secondary N) is 1. The number of rotatable bonds is 4. The van der Waals surface area contributed by atoms with Crippen LogP contribution in [0.25, 0.3) is 22.5 Å². The second kappa shape index (κ2) is 6.44. The SMILES string of the molecule is CON=C(C)c1c(-c2ccncc2)[nH]c(-c2ccncc2)c1C. The number of aromatic amines is 1. The van der Waals surface area contributed by atoms with Gasteiger partial charge in [0.2, 0.25) is 0 Å². The molecule has 3 heterocycles. The summed E-state index contributed by atoms with van der Waals surface area (Å²) in [4.78, 5) is 16.7. The molecule has 0 bridgehead atoms. The molecule has 0 aliphatic carbocycles. The number of hydrogen-bond acceptors (Lipinski definition) is 4. The third kappa shape index (κ3) is 2.85. The average molecular weight is 306 g/mol. The molecule has 0 fully saturated rings. The van der Waals surface area contributed by atoms with Crippen LogP contribution in [0.4, 0.5) is 0 Å². The maximum atomic E-state index is 4.97. The molecule has 3 aromatic heterocycles. The molecule has 1 N–H and O–H groups in total. The maximum Gasteiger partial charge on any atom is 0.106 e. The molecule has 23 heavy (non-hydrogen) atoms. The minimum Gasteiger partial charge on any atom is -0.399 e. The van der Waals surface area contributed by atoms with Gasteiger partial charge in [-0.3, -0.25) is 9.97 Å². The van der Waals surface area contributed by atoms with Crippen molar-refractivity contribution < 1.29 is 4.84 Å². The van der Waals surface area contributed by atoms with Crippen molar-refractivity contribution in [1.82, 2.24) is 15.0 Å². The minimum atomic E-state index is 0.827. The number of hydrogen-bond donors (Lipinski definition) is 1. The first-order valence-electron chi connectivity index (χ1n) is 7.34. The standard InChI is InChI=1S/C18H18N4O/c1-12-16(13(2)22-23-3)18(15-6-10-20-11-7-15)21-17(12)14-4-8-19-9-5-14/h4-11,21H,1-3H3. The average Bonchev–Trinajstić information content (AvgIpc) is 2.94. The van der Waals surface area contributed by atoms with Crippen molar-refractivity contribution in [3.05, 3.63) is 60.2 Å². The van der Waals surface area contributed by atoms with E-state index in [0.717, 1.165) is 39.4 Å². The zero-order chi connectivity index (χ0) is 16.2. The highest BCUT2D eigenvalue weighted by molar-refractivity contribution is 6.06. The molecule has 3 aromatic rings. The summed E-state index contributed by atoms with van der Waals surface area (Å²) >= 11 is 0. The van der Waals surface area contributed by atoms with E-state index in [1.54, 1.807) is 31.9 Å². The molecule has 0 saturated carbocycles. The summed E-state index contributed by atoms with van der Waals surface area (Å²) in [6, 6.07) is 7.93. The van der Waals surface area contributed by atoms with Crippen molar-refractivity contribution in [2.24, 2.45) is 5.16 Å². The van der Waals surface area contributed by atoms with Crippen LogP contribution >= 0.6 is 0 Å². The Balaban J connectivity index is 2.24. The first kappa shape index (κ1) is 15.0. The van der Waals surface area contributed by atoms with E-state index < -0.39 is 0 Å². The molecule has 0 unspecified atom stereocenters. The van der Waals surface area contributed by atoms with Crippen LogP contribution in [-0.2, 0) is 4.84 Å². The molecule has 0 radical (unpaired) electrons. The van der Waals surface area contributed by atoms with E-state index in [-0.39, 0.29) is 0 Å². The van der Waals surface area contributed by atoms with Crippen LogP contribution in [0.2, 0.25) is 0 Å². The van der Waals surface area contributed by atoms with E-state index in [4.69, 9.17) is 4.84 Å². The zero-order valence-electron chi connectivity index (χ0n) is 13.4. The van der Waals surface area contributed by atoms with Crippen LogP contribution in [0.1, 0.15) is 18.1 Å². The molecular formula is C18H18N4O. The predicted octanol–water partition coefficient (Wildman–Crippen LogP) is 3.82. The Labute approximate surface area is 135 Å². The van der Waals surface area contributed by atoms with Gasteiger partial charge in [-0.05, 0) is 43.7 Å². The Bertz CT molecular complexity index is 823. The summed E-state index contributed by atoms with van der Waals surface area (Å²) in [6.45, 7) is 4.03. The zero-order valence-corrected chi connectivity index (χ0v) is 13.4. The fourth-order valence-electron chi connectivity index (χ4n) is 2.77. The predicted molar refractivity (Wildman–Crippen MR) is 91.2 cm³/mol. The molecule has 5 nitrogen and oxygen atoms in total. The van der Waals surface area contributed by atoms with Crippen molar-refractivity contribution >= 4 is 5.71 Å². The molecule has 116 valence electrons. The molecule has 3 rings (SSSR count). The van der Waals surface area contributed by atoms with Crippen LogP contribution in [0.3, 0.4) is 0 Å². The summed E-state index contributed by atoms with van der Waals surface area (Å²) in [6.07, 6.45) is 7.14. The lowest BCUT2D eigenvalue weighted by Crippen LogP contribution is -1.99. The molecule has 0 aromatic carbocycles. The van der Waals surface area contributed by atoms with Gasteiger partial charge in [-0.2, -0.15) is 0 Å². The van der Waals surface area contributed by atoms with Gasteiger partial charge < -0.3 is 9.82 Å². The molecule has 0 atom stereocenters. The fraction of sp³-hybridized carbons (Fsp3) is 0.167. The van der Waals surface area contributed by atoms with Crippen molar-refractivity contribution in [3.8, 4) is 22.5 Å². The lowest BCUT2D eigenvalue weighted by Gasteiger charge is -2.05. The lowest BCUT2D eigenvalue weighted by molar-refractivity contribution is 0.213. The van der Waals surface area contributed by atoms with Crippen molar-refractivity contribution in [2.45, 2.75) is 13.8 Å². The van der Waals surface area contributed by atoms with Gasteiger partial charge in [0.05, 0.1) is 11.4 Å². The third-order valence-electron chi connectivity index (χ3n) is 3.78. The summed E-state index contributed by atoms with van der Waals surface area (Å²) in [5.41, 5.74) is 7.21. The Morgan fingerprint density at radius 2 is 1.48 bits per heavy atom. The summed E-state index contributed by atoms with van der Waals surface area (Å²) in [7, 11) is 1.56. The smallest absolute Gasteiger partial charge is 0.106 e. The van der Waals surface area contributed by atoms with E-state index >= 15 is 0 Å². The van der Waals surface area contributed by atoms with Gasteiger partial charge in [0.25, 0.3) is 0 Å². The van der Waals surface area contributed by atoms with Crippen LogP contribution < -0.4 is 0 Å². The number of pyridine rings is 2. The Hall–Kier alpha value is -2.95. The second-order valence-electron chi connectivity index (χ2n) is 5.21. The monoisotopic (exact) mass is 306 g/mol. The first-order valence-corrected chi connectivity index (χ1v) is 7.34. The molecule has 5 heteroatoms. The van der Waals surface area contributed by atoms with E-state index in [0.29, 0.717) is 0 Å². The first-order chi connectivity index (χ1) is 11.2. The molecular weight excluding hydrogens is 288 g/mol. The van der Waals surface area contributed by atoms with Crippen LogP contribution in [0, 0.1) is 6.92 Å². The van der Waals surface area contributed by atoms with Gasteiger partial charge in [0, 0.05) is 47.2 Å². The number of nitrogens with zero attached hydrogens (tertiary/aromatic N) is 3. The van der Waals surface area contributed by atoms with E-state index in [1.165, 1.54) is 0 Å². The molecule has 0 aliphatic rings. The number of aromatic nitrogens is 3. The number of H-pyrrole nitrogens is 1. The van der Waals surface area contributed by atoms with Crippen LogP contribution in [-0.4, -0.2) is 27.8 Å². The van der Waals surface area contributed by atoms with Gasteiger partial charge in [0.15, 0.2) is 0 Å². The summed E-state index contributed by atoms with van der Waals surface area (Å²) < 4.78 is 0. The topological polar surface area (TPSA) is 63.2 Å². The molecule has 0 saturated heterocycles. The molecule has 0 aliphatic heterocycles. The Kier molecular flexibility index (Phi) is 4.19. The molecule has 0 amide bonds. The van der Waals surface area contributed by atoms with Gasteiger partial charge in [-0.15, -0.1) is 0 Å². The van der Waals surface area contributed by atoms with E-state index in [2.05, 4.69) is 27.0 Å². The van der Waals surface area contributed by atoms with Gasteiger partial charge in [-0.1, -0.05) is 5.16 Å². The van der Waals surface area contributed by atoms with Crippen molar-refractivity contribution in [2.75, 3.05) is 7.11 Å². The third-order valence-corrected chi connectivity index (χ3v) is 3.78. The lowest BCUT2D eigenvalue weighted by atomic mass is 10.0. The normalized spacial score (nSPS) is 11.5. The quantitative estimate of drug-likeness (QED) is 0.589. The fourth-order valence-corrected chi connectivity index (χ4v) is 2.77. The minimum absolute atomic E-state index is 0.827. The summed E-state index contributed by atoms with van der Waals surface area (Å²) in [5.74, 6) is 0. The maximum absolute atomic E-state index is 4.97. The second-order valence-corrected chi connectivity index (χ2v) is 5.21.